The number of hydrogen-bond donors (Lipinski definition) is 0. The first-order valence-electron chi connectivity index (χ1n) is 19.6. The summed E-state index contributed by atoms with van der Waals surface area (Å²) in [7, 11) is -4.20. The molecule has 0 N–H and O–H groups in total. The van der Waals surface area contributed by atoms with Crippen molar-refractivity contribution in [2.45, 2.75) is 0 Å². The van der Waals surface area contributed by atoms with Gasteiger partial charge in [0.2, 0.25) is 0 Å². The van der Waals surface area contributed by atoms with E-state index in [1.165, 1.54) is 32.4 Å². The lowest BCUT2D eigenvalue weighted by Crippen LogP contribution is -2.26. The van der Waals surface area contributed by atoms with Crippen LogP contribution in [0.15, 0.2) is 237 Å². The van der Waals surface area contributed by atoms with Crippen molar-refractivity contribution in [3.63, 3.8) is 0 Å². The normalized spacial score (nSPS) is 11.7. The standard InChI is InChI=1S/C54H39NOP2/c56-58(43-28-12-4-13-29-43,44-30-14-5-15-31-44)52-39-19-17-33-46(52)48-35-21-37-50-49-36-20-34-47(53(49)55(54(48)50)40-22-6-1-7-23-40)45-32-16-18-38-51(45)57(41-24-8-2-9-25-41)42-26-10-3-11-27-42/h1-39H. The summed E-state index contributed by atoms with van der Waals surface area (Å²) in [6, 6.07) is 83.2. The monoisotopic (exact) mass is 779 g/mol. The van der Waals surface area contributed by atoms with Gasteiger partial charge < -0.3 is 9.13 Å². The molecule has 0 saturated carbocycles. The van der Waals surface area contributed by atoms with Crippen LogP contribution in [0.25, 0.3) is 49.7 Å². The van der Waals surface area contributed by atoms with Crippen LogP contribution in [0.4, 0.5) is 0 Å². The zero-order valence-electron chi connectivity index (χ0n) is 31.8. The van der Waals surface area contributed by atoms with Gasteiger partial charge in [-0.3, -0.25) is 0 Å². The molecule has 0 aliphatic rings. The average molecular weight is 780 g/mol. The number of nitrogens with zero attached hydrogens (tertiary/aromatic N) is 1. The number of fused-ring (bicyclic) bond motifs is 3. The second-order valence-electron chi connectivity index (χ2n) is 14.4. The average Bonchev–Trinajstić information content (AvgIpc) is 3.66. The molecule has 9 aromatic carbocycles. The Hall–Kier alpha value is -6.56. The third-order valence-electron chi connectivity index (χ3n) is 11.1. The molecule has 0 unspecified atom stereocenters. The minimum Gasteiger partial charge on any atom is -0.309 e. The Bertz CT molecular complexity index is 2990. The summed E-state index contributed by atoms with van der Waals surface area (Å²) in [6.07, 6.45) is 0. The van der Waals surface area contributed by atoms with E-state index in [4.69, 9.17) is 0 Å². The molecule has 0 bridgehead atoms. The van der Waals surface area contributed by atoms with Gasteiger partial charge in [0.1, 0.15) is 0 Å². The van der Waals surface area contributed by atoms with Crippen LogP contribution in [-0.4, -0.2) is 4.57 Å². The van der Waals surface area contributed by atoms with Crippen molar-refractivity contribution >= 4 is 68.7 Å². The minimum atomic E-state index is -3.32. The molecular weight excluding hydrogens is 741 g/mol. The first-order chi connectivity index (χ1) is 28.7. The van der Waals surface area contributed by atoms with Gasteiger partial charge in [0.25, 0.3) is 0 Å². The molecule has 0 radical (unpaired) electrons. The zero-order valence-corrected chi connectivity index (χ0v) is 33.6. The fourth-order valence-corrected chi connectivity index (χ4v) is 13.9. The number of rotatable bonds is 9. The third kappa shape index (κ3) is 6.14. The number of benzene rings is 9. The lowest BCUT2D eigenvalue weighted by atomic mass is 10.00. The molecule has 0 spiro atoms. The second kappa shape index (κ2) is 15.4. The summed E-state index contributed by atoms with van der Waals surface area (Å²) in [5.74, 6) is 0. The third-order valence-corrected chi connectivity index (χ3v) is 16.7. The number of hydrogen-bond acceptors (Lipinski definition) is 1. The molecule has 1 heterocycles. The lowest BCUT2D eigenvalue weighted by molar-refractivity contribution is 0.592. The molecule has 276 valence electrons. The molecule has 0 aliphatic carbocycles. The predicted octanol–water partition coefficient (Wildman–Crippen LogP) is 11.5. The number of aromatic nitrogens is 1. The van der Waals surface area contributed by atoms with Crippen LogP contribution in [0.2, 0.25) is 0 Å². The summed E-state index contributed by atoms with van der Waals surface area (Å²) in [5, 5.41) is 8.71. The fraction of sp³-hybridized carbons (Fsp3) is 0. The van der Waals surface area contributed by atoms with E-state index in [9.17, 15) is 0 Å². The molecule has 0 saturated heterocycles. The predicted molar refractivity (Wildman–Crippen MR) is 250 cm³/mol. The number of para-hydroxylation sites is 3. The van der Waals surface area contributed by atoms with Gasteiger partial charge in [0, 0.05) is 43.5 Å². The van der Waals surface area contributed by atoms with Crippen molar-refractivity contribution in [3.05, 3.63) is 237 Å². The summed E-state index contributed by atoms with van der Waals surface area (Å²) >= 11 is 0. The van der Waals surface area contributed by atoms with E-state index in [0.29, 0.717) is 0 Å². The molecule has 0 atom stereocenters. The summed E-state index contributed by atoms with van der Waals surface area (Å²) in [4.78, 5) is 0. The summed E-state index contributed by atoms with van der Waals surface area (Å²) in [6.45, 7) is 0. The van der Waals surface area contributed by atoms with Gasteiger partial charge in [0.05, 0.1) is 11.0 Å². The summed E-state index contributed by atoms with van der Waals surface area (Å²) < 4.78 is 18.5. The quantitative estimate of drug-likeness (QED) is 0.134. The highest BCUT2D eigenvalue weighted by Gasteiger charge is 2.33. The van der Waals surface area contributed by atoms with Crippen LogP contribution in [0.1, 0.15) is 0 Å². The highest BCUT2D eigenvalue weighted by Crippen LogP contribution is 2.48. The van der Waals surface area contributed by atoms with Crippen molar-refractivity contribution in [1.82, 2.24) is 4.57 Å². The maximum atomic E-state index is 16.0. The second-order valence-corrected chi connectivity index (χ2v) is 19.3. The molecule has 10 aromatic rings. The van der Waals surface area contributed by atoms with Gasteiger partial charge >= 0.3 is 0 Å². The van der Waals surface area contributed by atoms with Crippen LogP contribution < -0.4 is 31.8 Å². The Labute approximate surface area is 340 Å². The molecule has 0 aliphatic heterocycles. The van der Waals surface area contributed by atoms with Crippen LogP contribution in [-0.2, 0) is 4.57 Å². The smallest absolute Gasteiger partial charge is 0.171 e. The Morgan fingerprint density at radius 2 is 0.741 bits per heavy atom. The Morgan fingerprint density at radius 1 is 0.345 bits per heavy atom. The molecular formula is C54H39NOP2. The van der Waals surface area contributed by atoms with E-state index >= 15 is 4.57 Å². The van der Waals surface area contributed by atoms with E-state index < -0.39 is 15.1 Å². The molecule has 4 heteroatoms. The SMILES string of the molecule is O=P(c1ccccc1)(c1ccccc1)c1ccccc1-c1cccc2c3cccc(-c4ccccc4P(c4ccccc4)c4ccccc4)c3n(-c3ccccc3)c12. The van der Waals surface area contributed by atoms with E-state index in [0.717, 1.165) is 49.1 Å². The molecule has 58 heavy (non-hydrogen) atoms. The van der Waals surface area contributed by atoms with E-state index in [1.54, 1.807) is 0 Å². The van der Waals surface area contributed by atoms with Crippen LogP contribution in [0.3, 0.4) is 0 Å². The van der Waals surface area contributed by atoms with E-state index in [1.807, 2.05) is 66.7 Å². The highest BCUT2D eigenvalue weighted by molar-refractivity contribution is 7.85. The molecule has 2 nitrogen and oxygen atoms in total. The van der Waals surface area contributed by atoms with Gasteiger partial charge in [-0.05, 0) is 47.1 Å². The van der Waals surface area contributed by atoms with Gasteiger partial charge in [0.15, 0.2) is 7.14 Å². The van der Waals surface area contributed by atoms with Gasteiger partial charge in [-0.1, -0.05) is 224 Å². The zero-order chi connectivity index (χ0) is 38.9. The van der Waals surface area contributed by atoms with Gasteiger partial charge in [-0.2, -0.15) is 0 Å². The van der Waals surface area contributed by atoms with E-state index in [2.05, 4.69) is 174 Å². The highest BCUT2D eigenvalue weighted by atomic mass is 31.2. The van der Waals surface area contributed by atoms with Gasteiger partial charge in [-0.15, -0.1) is 0 Å². The maximum Gasteiger partial charge on any atom is 0.171 e. The van der Waals surface area contributed by atoms with Crippen LogP contribution in [0, 0.1) is 0 Å². The van der Waals surface area contributed by atoms with Crippen LogP contribution >= 0.6 is 15.1 Å². The van der Waals surface area contributed by atoms with Crippen LogP contribution in [0.5, 0.6) is 0 Å². The minimum absolute atomic E-state index is 0.816. The molecule has 10 rings (SSSR count). The Balaban J connectivity index is 1.29. The largest absolute Gasteiger partial charge is 0.309 e. The van der Waals surface area contributed by atoms with Crippen molar-refractivity contribution in [2.24, 2.45) is 0 Å². The first kappa shape index (κ1) is 35.8. The lowest BCUT2D eigenvalue weighted by Gasteiger charge is -2.24. The fourth-order valence-electron chi connectivity index (χ4n) is 8.54. The van der Waals surface area contributed by atoms with Crippen molar-refractivity contribution in [1.29, 1.82) is 0 Å². The Kier molecular flexibility index (Phi) is 9.52. The summed E-state index contributed by atoms with van der Waals surface area (Å²) in [5.41, 5.74) is 7.68. The van der Waals surface area contributed by atoms with Crippen molar-refractivity contribution < 1.29 is 4.57 Å². The van der Waals surface area contributed by atoms with Crippen molar-refractivity contribution in [2.75, 3.05) is 0 Å². The Morgan fingerprint density at radius 3 is 1.28 bits per heavy atom. The topological polar surface area (TPSA) is 22.0 Å². The molecule has 0 amide bonds. The van der Waals surface area contributed by atoms with Gasteiger partial charge in [-0.25, -0.2) is 0 Å². The molecule has 1 aromatic heterocycles. The maximum absolute atomic E-state index is 16.0. The van der Waals surface area contributed by atoms with E-state index in [-0.39, 0.29) is 0 Å². The van der Waals surface area contributed by atoms with Crippen molar-refractivity contribution in [3.8, 4) is 27.9 Å². The first-order valence-corrected chi connectivity index (χ1v) is 22.7. The molecule has 0 fully saturated rings.